The Balaban J connectivity index is 1.73. The minimum atomic E-state index is 0.440. The molecule has 0 N–H and O–H groups in total. The van der Waals surface area contributed by atoms with E-state index < -0.39 is 0 Å². The lowest BCUT2D eigenvalue weighted by Crippen LogP contribution is -1.94. The van der Waals surface area contributed by atoms with E-state index in [-0.39, 0.29) is 0 Å². The van der Waals surface area contributed by atoms with Crippen LogP contribution < -0.4 is 0 Å². The minimum absolute atomic E-state index is 0.440. The van der Waals surface area contributed by atoms with Crippen molar-refractivity contribution in [1.82, 2.24) is 19.7 Å². The summed E-state index contributed by atoms with van der Waals surface area (Å²) in [6.07, 6.45) is 3.74. The number of benzene rings is 1. The molecule has 7 heteroatoms. The summed E-state index contributed by atoms with van der Waals surface area (Å²) in [7, 11) is 0. The molecule has 21 heavy (non-hydrogen) atoms. The lowest BCUT2D eigenvalue weighted by molar-refractivity contribution is 0.528. The van der Waals surface area contributed by atoms with Crippen molar-refractivity contribution in [2.24, 2.45) is 0 Å². The van der Waals surface area contributed by atoms with Gasteiger partial charge in [0.2, 0.25) is 11.8 Å². The number of rotatable bonds is 5. The van der Waals surface area contributed by atoms with E-state index in [4.69, 9.17) is 16.0 Å². The van der Waals surface area contributed by atoms with Gasteiger partial charge < -0.3 is 8.98 Å². The van der Waals surface area contributed by atoms with E-state index in [1.54, 1.807) is 24.0 Å². The molecular formula is C14H13ClN4OS. The summed E-state index contributed by atoms with van der Waals surface area (Å²) in [6.45, 7) is 2.96. The molecule has 0 atom stereocenters. The molecule has 5 nitrogen and oxygen atoms in total. The van der Waals surface area contributed by atoms with Gasteiger partial charge in [-0.25, -0.2) is 4.98 Å². The summed E-state index contributed by atoms with van der Waals surface area (Å²) >= 11 is 7.69. The normalized spacial score (nSPS) is 11.0. The average Bonchev–Trinajstić information content (AvgIpc) is 3.14. The molecule has 0 fully saturated rings. The largest absolute Gasteiger partial charge is 0.420 e. The second-order valence-electron chi connectivity index (χ2n) is 4.27. The van der Waals surface area contributed by atoms with Crippen LogP contribution in [-0.4, -0.2) is 19.7 Å². The number of aromatic nitrogens is 4. The van der Waals surface area contributed by atoms with Gasteiger partial charge in [0.15, 0.2) is 5.16 Å². The molecule has 0 aliphatic carbocycles. The summed E-state index contributed by atoms with van der Waals surface area (Å²) < 4.78 is 7.72. The summed E-state index contributed by atoms with van der Waals surface area (Å²) in [5.74, 6) is 1.57. The number of aryl methyl sites for hydroxylation is 1. The van der Waals surface area contributed by atoms with Gasteiger partial charge in [-0.05, 0) is 19.1 Å². The molecule has 3 aromatic rings. The minimum Gasteiger partial charge on any atom is -0.420 e. The molecule has 2 aromatic heterocycles. The first kappa shape index (κ1) is 14.2. The van der Waals surface area contributed by atoms with Crippen LogP contribution in [0.1, 0.15) is 12.8 Å². The smallest absolute Gasteiger partial charge is 0.249 e. The summed E-state index contributed by atoms with van der Waals surface area (Å²) in [6, 6.07) is 7.41. The quantitative estimate of drug-likeness (QED) is 0.667. The average molecular weight is 321 g/mol. The van der Waals surface area contributed by atoms with Crippen LogP contribution in [0.25, 0.3) is 11.5 Å². The van der Waals surface area contributed by atoms with Gasteiger partial charge in [-0.15, -0.1) is 10.2 Å². The van der Waals surface area contributed by atoms with Crippen molar-refractivity contribution in [2.45, 2.75) is 24.4 Å². The van der Waals surface area contributed by atoms with Crippen LogP contribution in [0.5, 0.6) is 0 Å². The molecule has 0 saturated heterocycles. The van der Waals surface area contributed by atoms with Crippen molar-refractivity contribution in [3.8, 4) is 11.5 Å². The zero-order valence-corrected chi connectivity index (χ0v) is 12.9. The molecule has 0 radical (unpaired) electrons. The third kappa shape index (κ3) is 3.11. The number of imidazole rings is 1. The van der Waals surface area contributed by atoms with E-state index in [2.05, 4.69) is 26.7 Å². The lowest BCUT2D eigenvalue weighted by atomic mass is 10.2. The highest BCUT2D eigenvalue weighted by Crippen LogP contribution is 2.28. The Morgan fingerprint density at radius 2 is 2.14 bits per heavy atom. The van der Waals surface area contributed by atoms with Gasteiger partial charge in [-0.1, -0.05) is 35.5 Å². The summed E-state index contributed by atoms with van der Waals surface area (Å²) in [4.78, 5) is 4.30. The number of thioether (sulfide) groups is 1. The number of hydrogen-bond acceptors (Lipinski definition) is 5. The van der Waals surface area contributed by atoms with E-state index in [0.717, 1.165) is 17.3 Å². The molecule has 2 heterocycles. The third-order valence-corrected chi connectivity index (χ3v) is 4.23. The predicted octanol–water partition coefficient (Wildman–Crippen LogP) is 3.90. The zero-order chi connectivity index (χ0) is 14.7. The van der Waals surface area contributed by atoms with Crippen molar-refractivity contribution in [2.75, 3.05) is 0 Å². The zero-order valence-electron chi connectivity index (χ0n) is 11.4. The molecule has 0 unspecified atom stereocenters. The van der Waals surface area contributed by atoms with E-state index in [1.807, 2.05) is 24.4 Å². The van der Waals surface area contributed by atoms with E-state index >= 15 is 0 Å². The van der Waals surface area contributed by atoms with Gasteiger partial charge in [0.05, 0.1) is 16.3 Å². The second kappa shape index (κ2) is 6.32. The molecule has 0 aliphatic rings. The maximum absolute atomic E-state index is 6.12. The van der Waals surface area contributed by atoms with Crippen molar-refractivity contribution >= 4 is 23.4 Å². The van der Waals surface area contributed by atoms with Gasteiger partial charge in [-0.2, -0.15) is 0 Å². The van der Waals surface area contributed by atoms with Gasteiger partial charge >= 0.3 is 0 Å². The first-order valence-electron chi connectivity index (χ1n) is 6.49. The third-order valence-electron chi connectivity index (χ3n) is 2.91. The van der Waals surface area contributed by atoms with Crippen molar-refractivity contribution in [3.63, 3.8) is 0 Å². The first-order valence-corrected chi connectivity index (χ1v) is 7.85. The SMILES string of the molecule is CCn1ccnc1SCc1nnc(-c2ccccc2Cl)o1. The van der Waals surface area contributed by atoms with E-state index in [0.29, 0.717) is 22.6 Å². The molecule has 3 rings (SSSR count). The fourth-order valence-corrected chi connectivity index (χ4v) is 2.94. The van der Waals surface area contributed by atoms with Gasteiger partial charge in [0.25, 0.3) is 0 Å². The molecule has 0 spiro atoms. The molecule has 108 valence electrons. The maximum Gasteiger partial charge on any atom is 0.249 e. The number of nitrogens with zero attached hydrogens (tertiary/aromatic N) is 4. The summed E-state index contributed by atoms with van der Waals surface area (Å²) in [5, 5.41) is 9.64. The second-order valence-corrected chi connectivity index (χ2v) is 5.62. The Hall–Kier alpha value is -1.79. The molecule has 0 bridgehead atoms. The Morgan fingerprint density at radius 3 is 2.95 bits per heavy atom. The van der Waals surface area contributed by atoms with Crippen LogP contribution in [0.3, 0.4) is 0 Å². The van der Waals surface area contributed by atoms with Gasteiger partial charge in [-0.3, -0.25) is 0 Å². The lowest BCUT2D eigenvalue weighted by Gasteiger charge is -2.01. The fraction of sp³-hybridized carbons (Fsp3) is 0.214. The molecule has 0 aliphatic heterocycles. The molecule has 0 amide bonds. The van der Waals surface area contributed by atoms with Gasteiger partial charge in [0.1, 0.15) is 0 Å². The van der Waals surface area contributed by atoms with Crippen LogP contribution >= 0.6 is 23.4 Å². The number of hydrogen-bond donors (Lipinski definition) is 0. The molecule has 1 aromatic carbocycles. The van der Waals surface area contributed by atoms with E-state index in [1.165, 1.54) is 0 Å². The van der Waals surface area contributed by atoms with Crippen molar-refractivity contribution in [3.05, 3.63) is 47.6 Å². The number of halogens is 1. The Bertz CT molecular complexity index is 740. The Labute approximate surface area is 131 Å². The van der Waals surface area contributed by atoms with Crippen LogP contribution in [0.15, 0.2) is 46.2 Å². The predicted molar refractivity (Wildman–Crippen MR) is 82.2 cm³/mol. The van der Waals surface area contributed by atoms with Crippen molar-refractivity contribution < 1.29 is 4.42 Å². The standard InChI is InChI=1S/C14H13ClN4OS/c1-2-19-8-7-16-14(19)21-9-12-17-18-13(20-12)10-5-3-4-6-11(10)15/h3-8H,2,9H2,1H3. The maximum atomic E-state index is 6.12. The Morgan fingerprint density at radius 1 is 1.29 bits per heavy atom. The monoisotopic (exact) mass is 320 g/mol. The highest BCUT2D eigenvalue weighted by atomic mass is 35.5. The van der Waals surface area contributed by atoms with Crippen LogP contribution in [-0.2, 0) is 12.3 Å². The van der Waals surface area contributed by atoms with E-state index in [9.17, 15) is 0 Å². The van der Waals surface area contributed by atoms with Gasteiger partial charge in [0, 0.05) is 18.9 Å². The molecular weight excluding hydrogens is 308 g/mol. The van der Waals surface area contributed by atoms with Crippen LogP contribution in [0.2, 0.25) is 5.02 Å². The Kier molecular flexibility index (Phi) is 4.26. The van der Waals surface area contributed by atoms with Crippen molar-refractivity contribution in [1.29, 1.82) is 0 Å². The fourth-order valence-electron chi connectivity index (χ4n) is 1.86. The topological polar surface area (TPSA) is 56.7 Å². The highest BCUT2D eigenvalue weighted by molar-refractivity contribution is 7.98. The highest BCUT2D eigenvalue weighted by Gasteiger charge is 2.12. The summed E-state index contributed by atoms with van der Waals surface area (Å²) in [5.41, 5.74) is 0.748. The van der Waals surface area contributed by atoms with Crippen LogP contribution in [0.4, 0.5) is 0 Å². The van der Waals surface area contributed by atoms with Crippen LogP contribution in [0, 0.1) is 0 Å². The molecule has 0 saturated carbocycles. The first-order chi connectivity index (χ1) is 10.3.